The van der Waals surface area contributed by atoms with Crippen molar-refractivity contribution in [3.05, 3.63) is 0 Å². The lowest BCUT2D eigenvalue weighted by Crippen LogP contribution is -2.60. The zero-order valence-electron chi connectivity index (χ0n) is 9.80. The average molecular weight is 268 g/mol. The maximum atomic E-state index is 12.6. The van der Waals surface area contributed by atoms with Crippen molar-refractivity contribution >= 4 is 11.9 Å². The molecule has 0 aliphatic heterocycles. The van der Waals surface area contributed by atoms with Crippen LogP contribution in [0.4, 0.5) is 13.2 Å². The molecule has 18 heavy (non-hydrogen) atoms. The Balaban J connectivity index is 2.42. The zero-order chi connectivity index (χ0) is 14.0. The molecule has 0 spiro atoms. The first-order valence-corrected chi connectivity index (χ1v) is 5.51. The van der Waals surface area contributed by atoms with E-state index in [9.17, 15) is 22.8 Å². The first-order chi connectivity index (χ1) is 8.17. The van der Waals surface area contributed by atoms with E-state index in [0.717, 1.165) is 12.8 Å². The molecule has 0 heterocycles. The number of carbonyl (C=O) groups excluding carboxylic acids is 1. The second-order valence-electron chi connectivity index (χ2n) is 4.45. The topological polar surface area (TPSA) is 78.4 Å². The first-order valence-electron chi connectivity index (χ1n) is 5.51. The number of carbonyl (C=O) groups is 2. The number of carboxylic acids is 1. The third kappa shape index (κ3) is 3.59. The quantitative estimate of drug-likeness (QED) is 0.661. The van der Waals surface area contributed by atoms with Crippen molar-refractivity contribution in [2.75, 3.05) is 6.54 Å². The van der Waals surface area contributed by atoms with Gasteiger partial charge in [-0.1, -0.05) is 0 Å². The van der Waals surface area contributed by atoms with E-state index in [2.05, 4.69) is 5.32 Å². The lowest BCUT2D eigenvalue weighted by molar-refractivity contribution is -0.206. The summed E-state index contributed by atoms with van der Waals surface area (Å²) in [6, 6.07) is 0.131. The highest BCUT2D eigenvalue weighted by molar-refractivity contribution is 5.80. The maximum absolute atomic E-state index is 12.6. The summed E-state index contributed by atoms with van der Waals surface area (Å²) in [6.45, 7) is 0.189. The Labute approximate surface area is 102 Å². The summed E-state index contributed by atoms with van der Waals surface area (Å²) in [7, 11) is 0. The van der Waals surface area contributed by atoms with Crippen LogP contribution in [-0.4, -0.2) is 41.3 Å². The number of rotatable bonds is 6. The molecule has 3 N–H and O–H groups in total. The Morgan fingerprint density at radius 1 is 1.33 bits per heavy atom. The highest BCUT2D eigenvalue weighted by Gasteiger charge is 2.57. The van der Waals surface area contributed by atoms with Gasteiger partial charge in [-0.15, -0.1) is 0 Å². The smallest absolute Gasteiger partial charge is 0.417 e. The predicted molar refractivity (Wildman–Crippen MR) is 55.9 cm³/mol. The van der Waals surface area contributed by atoms with E-state index in [1.54, 1.807) is 0 Å². The number of nitrogens with one attached hydrogen (secondary N) is 2. The van der Waals surface area contributed by atoms with Crippen LogP contribution in [0.3, 0.4) is 0 Å². The number of halogens is 3. The van der Waals surface area contributed by atoms with Crippen LogP contribution in [0.1, 0.15) is 26.2 Å². The SMILES string of the molecule is CC(NCCC(=O)NC1CC1)(C(=O)O)C(F)(F)F. The number of alkyl halides is 3. The minimum absolute atomic E-state index is 0.131. The fourth-order valence-electron chi connectivity index (χ4n) is 1.25. The van der Waals surface area contributed by atoms with Crippen molar-refractivity contribution in [2.45, 2.75) is 43.9 Å². The molecule has 104 valence electrons. The fourth-order valence-corrected chi connectivity index (χ4v) is 1.25. The molecule has 0 aromatic heterocycles. The Morgan fingerprint density at radius 3 is 2.28 bits per heavy atom. The second kappa shape index (κ2) is 5.13. The van der Waals surface area contributed by atoms with Crippen LogP contribution in [0.25, 0.3) is 0 Å². The standard InChI is InChI=1S/C10H15F3N2O3/c1-9(8(17)18,10(11,12)13)14-5-4-7(16)15-6-2-3-6/h6,14H,2-5H2,1H3,(H,15,16)(H,17,18). The highest BCUT2D eigenvalue weighted by Crippen LogP contribution is 2.30. The summed E-state index contributed by atoms with van der Waals surface area (Å²) >= 11 is 0. The van der Waals surface area contributed by atoms with Crippen LogP contribution in [-0.2, 0) is 9.59 Å². The first kappa shape index (κ1) is 14.7. The Hall–Kier alpha value is -1.31. The molecule has 1 fully saturated rings. The van der Waals surface area contributed by atoms with Gasteiger partial charge in [-0.3, -0.25) is 10.1 Å². The minimum Gasteiger partial charge on any atom is -0.480 e. The number of hydrogen-bond acceptors (Lipinski definition) is 3. The Morgan fingerprint density at radius 2 is 1.89 bits per heavy atom. The minimum atomic E-state index is -4.92. The lowest BCUT2D eigenvalue weighted by atomic mass is 10.0. The molecule has 0 saturated heterocycles. The van der Waals surface area contributed by atoms with Gasteiger partial charge in [-0.25, -0.2) is 4.79 Å². The zero-order valence-corrected chi connectivity index (χ0v) is 9.80. The third-order valence-corrected chi connectivity index (χ3v) is 2.77. The maximum Gasteiger partial charge on any atom is 0.417 e. The molecule has 1 rings (SSSR count). The molecule has 0 radical (unpaired) electrons. The number of amides is 1. The van der Waals surface area contributed by atoms with E-state index in [1.807, 2.05) is 5.32 Å². The summed E-state index contributed by atoms with van der Waals surface area (Å²) in [5, 5.41) is 13.1. The van der Waals surface area contributed by atoms with Gasteiger partial charge in [0.25, 0.3) is 0 Å². The van der Waals surface area contributed by atoms with Crippen molar-refractivity contribution in [3.8, 4) is 0 Å². The van der Waals surface area contributed by atoms with Crippen LogP contribution in [0.2, 0.25) is 0 Å². The van der Waals surface area contributed by atoms with Crippen LogP contribution >= 0.6 is 0 Å². The number of aliphatic carboxylic acids is 1. The van der Waals surface area contributed by atoms with E-state index < -0.39 is 17.7 Å². The van der Waals surface area contributed by atoms with E-state index in [0.29, 0.717) is 6.92 Å². The molecule has 5 nitrogen and oxygen atoms in total. The van der Waals surface area contributed by atoms with Crippen LogP contribution in [0.5, 0.6) is 0 Å². The monoisotopic (exact) mass is 268 g/mol. The van der Waals surface area contributed by atoms with E-state index in [-0.39, 0.29) is 24.9 Å². The molecular weight excluding hydrogens is 253 g/mol. The van der Waals surface area contributed by atoms with Crippen molar-refractivity contribution in [2.24, 2.45) is 0 Å². The molecule has 0 aromatic rings. The van der Waals surface area contributed by atoms with E-state index in [4.69, 9.17) is 5.11 Å². The lowest BCUT2D eigenvalue weighted by Gasteiger charge is -2.28. The van der Waals surface area contributed by atoms with E-state index in [1.165, 1.54) is 0 Å². The van der Waals surface area contributed by atoms with Gasteiger partial charge in [0.15, 0.2) is 0 Å². The summed E-state index contributed by atoms with van der Waals surface area (Å²) in [4.78, 5) is 21.9. The summed E-state index contributed by atoms with van der Waals surface area (Å²) in [5.41, 5.74) is -3.03. The van der Waals surface area contributed by atoms with Crippen LogP contribution in [0, 0.1) is 0 Å². The predicted octanol–water partition coefficient (Wildman–Crippen LogP) is 0.650. The largest absolute Gasteiger partial charge is 0.480 e. The molecule has 1 saturated carbocycles. The van der Waals surface area contributed by atoms with E-state index >= 15 is 0 Å². The average Bonchev–Trinajstić information content (AvgIpc) is 2.99. The molecule has 1 unspecified atom stereocenters. The van der Waals surface area contributed by atoms with Gasteiger partial charge in [-0.05, 0) is 19.8 Å². The molecular formula is C10H15F3N2O3. The van der Waals surface area contributed by atoms with Crippen molar-refractivity contribution in [3.63, 3.8) is 0 Å². The molecule has 0 bridgehead atoms. The van der Waals surface area contributed by atoms with Crippen LogP contribution in [0.15, 0.2) is 0 Å². The summed E-state index contributed by atoms with van der Waals surface area (Å²) in [6.07, 6.45) is -3.34. The van der Waals surface area contributed by atoms with Gasteiger partial charge < -0.3 is 10.4 Å². The van der Waals surface area contributed by atoms with Gasteiger partial charge in [0, 0.05) is 19.0 Å². The van der Waals surface area contributed by atoms with Gasteiger partial charge in [-0.2, -0.15) is 13.2 Å². The van der Waals surface area contributed by atoms with Crippen LogP contribution < -0.4 is 10.6 Å². The van der Waals surface area contributed by atoms with Gasteiger partial charge in [0.2, 0.25) is 11.4 Å². The van der Waals surface area contributed by atoms with Crippen molar-refractivity contribution in [1.82, 2.24) is 10.6 Å². The third-order valence-electron chi connectivity index (χ3n) is 2.77. The molecule has 8 heteroatoms. The normalized spacial score (nSPS) is 19.1. The summed E-state index contributed by atoms with van der Waals surface area (Å²) in [5.74, 6) is -2.39. The van der Waals surface area contributed by atoms with Gasteiger partial charge in [0.1, 0.15) is 0 Å². The van der Waals surface area contributed by atoms with Crippen molar-refractivity contribution < 1.29 is 27.9 Å². The Bertz CT molecular complexity index is 342. The molecule has 1 aliphatic carbocycles. The second-order valence-corrected chi connectivity index (χ2v) is 4.45. The van der Waals surface area contributed by atoms with Gasteiger partial charge in [0.05, 0.1) is 0 Å². The van der Waals surface area contributed by atoms with Gasteiger partial charge >= 0.3 is 12.1 Å². The molecule has 0 aromatic carbocycles. The number of carboxylic acid groups (broad SMARTS) is 1. The fraction of sp³-hybridized carbons (Fsp3) is 0.800. The summed E-state index contributed by atoms with van der Waals surface area (Å²) < 4.78 is 37.7. The number of hydrogen-bond donors (Lipinski definition) is 3. The van der Waals surface area contributed by atoms with Crippen molar-refractivity contribution in [1.29, 1.82) is 0 Å². The Kier molecular flexibility index (Phi) is 4.20. The molecule has 1 aliphatic rings. The highest BCUT2D eigenvalue weighted by atomic mass is 19.4. The molecule has 1 atom stereocenters. The molecule has 1 amide bonds.